The number of nitrogens with zero attached hydrogens (tertiary/aromatic N) is 3. The number of nitrogen functional groups attached to an aromatic ring is 1. The highest BCUT2D eigenvalue weighted by molar-refractivity contribution is 6.28. The van der Waals surface area contributed by atoms with Gasteiger partial charge in [0.1, 0.15) is 0 Å². The summed E-state index contributed by atoms with van der Waals surface area (Å²) in [5.41, 5.74) is 5.15. The number of hydrogen-bond acceptors (Lipinski definition) is 5. The van der Waals surface area contributed by atoms with E-state index in [1.54, 1.807) is 0 Å². The first-order chi connectivity index (χ1) is 6.08. The first kappa shape index (κ1) is 9.85. The predicted molar refractivity (Wildman–Crippen MR) is 40.7 cm³/mol. The SMILES string of the molecule is Nc1nc(Cl)nc(OCC(F)F)n1. The molecule has 1 aromatic heterocycles. The summed E-state index contributed by atoms with van der Waals surface area (Å²) >= 11 is 5.36. The summed E-state index contributed by atoms with van der Waals surface area (Å²) in [7, 11) is 0. The minimum atomic E-state index is -2.60. The van der Waals surface area contributed by atoms with Crippen LogP contribution in [0.4, 0.5) is 14.7 Å². The number of anilines is 1. The molecular weight excluding hydrogens is 206 g/mol. The Labute approximate surface area is 76.9 Å². The van der Waals surface area contributed by atoms with Crippen molar-refractivity contribution in [2.75, 3.05) is 12.3 Å². The molecule has 13 heavy (non-hydrogen) atoms. The molecule has 1 heterocycles. The fourth-order valence-corrected chi connectivity index (χ4v) is 0.707. The molecule has 8 heteroatoms. The van der Waals surface area contributed by atoms with E-state index in [9.17, 15) is 8.78 Å². The van der Waals surface area contributed by atoms with E-state index in [0.29, 0.717) is 0 Å². The number of halogens is 3. The smallest absolute Gasteiger partial charge is 0.322 e. The van der Waals surface area contributed by atoms with Crippen LogP contribution in [-0.2, 0) is 0 Å². The van der Waals surface area contributed by atoms with Crippen molar-refractivity contribution in [2.45, 2.75) is 6.43 Å². The van der Waals surface area contributed by atoms with Gasteiger partial charge in [0.25, 0.3) is 6.43 Å². The van der Waals surface area contributed by atoms with Crippen molar-refractivity contribution < 1.29 is 13.5 Å². The van der Waals surface area contributed by atoms with Crippen LogP contribution in [0.1, 0.15) is 0 Å². The Morgan fingerprint density at radius 3 is 2.62 bits per heavy atom. The van der Waals surface area contributed by atoms with Crippen LogP contribution in [0, 0.1) is 0 Å². The maximum absolute atomic E-state index is 11.7. The van der Waals surface area contributed by atoms with E-state index >= 15 is 0 Å². The standard InChI is InChI=1S/C5H5ClF2N4O/c6-3-10-4(9)12-5(11-3)13-1-2(7)8/h2H,1H2,(H2,9,10,11,12). The van der Waals surface area contributed by atoms with Crippen LogP contribution in [0.5, 0.6) is 6.01 Å². The van der Waals surface area contributed by atoms with Gasteiger partial charge in [0, 0.05) is 0 Å². The van der Waals surface area contributed by atoms with E-state index in [1.165, 1.54) is 0 Å². The Morgan fingerprint density at radius 1 is 1.38 bits per heavy atom. The van der Waals surface area contributed by atoms with Crippen LogP contribution >= 0.6 is 11.6 Å². The summed E-state index contributed by atoms with van der Waals surface area (Å²) in [4.78, 5) is 10.3. The molecule has 1 aromatic rings. The molecule has 0 unspecified atom stereocenters. The molecule has 0 aliphatic heterocycles. The number of hydrogen-bond donors (Lipinski definition) is 1. The molecule has 0 spiro atoms. The summed E-state index contributed by atoms with van der Waals surface area (Å²) in [5, 5.41) is -0.197. The van der Waals surface area contributed by atoms with E-state index < -0.39 is 13.0 Å². The summed E-state index contributed by atoms with van der Waals surface area (Å²) < 4.78 is 27.8. The van der Waals surface area contributed by atoms with Gasteiger partial charge in [-0.3, -0.25) is 0 Å². The molecule has 0 radical (unpaired) electrons. The Balaban J connectivity index is 2.66. The van der Waals surface area contributed by atoms with Gasteiger partial charge >= 0.3 is 6.01 Å². The van der Waals surface area contributed by atoms with E-state index in [2.05, 4.69) is 19.7 Å². The van der Waals surface area contributed by atoms with Gasteiger partial charge in [-0.05, 0) is 11.6 Å². The minimum absolute atomic E-state index is 0.177. The Bertz CT molecular complexity index is 278. The Hall–Kier alpha value is -1.24. The van der Waals surface area contributed by atoms with Gasteiger partial charge in [-0.1, -0.05) is 0 Å². The number of rotatable bonds is 3. The molecule has 0 fully saturated rings. The lowest BCUT2D eigenvalue weighted by Gasteiger charge is -2.02. The van der Waals surface area contributed by atoms with Gasteiger partial charge in [0.15, 0.2) is 6.61 Å². The summed E-state index contributed by atoms with van der Waals surface area (Å²) in [5.74, 6) is -0.177. The lowest BCUT2D eigenvalue weighted by Crippen LogP contribution is -2.10. The van der Waals surface area contributed by atoms with E-state index in [4.69, 9.17) is 17.3 Å². The lowest BCUT2D eigenvalue weighted by molar-refractivity contribution is 0.0770. The van der Waals surface area contributed by atoms with Crippen molar-refractivity contribution in [3.63, 3.8) is 0 Å². The number of aromatic nitrogens is 3. The first-order valence-electron chi connectivity index (χ1n) is 3.16. The van der Waals surface area contributed by atoms with E-state index in [1.807, 2.05) is 0 Å². The van der Waals surface area contributed by atoms with Crippen molar-refractivity contribution in [1.82, 2.24) is 15.0 Å². The summed E-state index contributed by atoms with van der Waals surface area (Å²) in [6.07, 6.45) is -2.60. The quantitative estimate of drug-likeness (QED) is 0.797. The fourth-order valence-electron chi connectivity index (χ4n) is 0.549. The molecule has 2 N–H and O–H groups in total. The van der Waals surface area contributed by atoms with Gasteiger partial charge in [-0.2, -0.15) is 15.0 Å². The van der Waals surface area contributed by atoms with E-state index in [0.717, 1.165) is 0 Å². The third kappa shape index (κ3) is 3.32. The first-order valence-corrected chi connectivity index (χ1v) is 3.53. The van der Waals surface area contributed by atoms with Crippen molar-refractivity contribution in [3.05, 3.63) is 5.28 Å². The van der Waals surface area contributed by atoms with Crippen LogP contribution in [0.15, 0.2) is 0 Å². The molecule has 0 aromatic carbocycles. The average molecular weight is 211 g/mol. The topological polar surface area (TPSA) is 73.9 Å². The number of alkyl halides is 2. The Morgan fingerprint density at radius 2 is 2.08 bits per heavy atom. The second-order valence-corrected chi connectivity index (χ2v) is 2.29. The summed E-state index contributed by atoms with van der Waals surface area (Å²) in [6.45, 7) is -0.806. The zero-order chi connectivity index (χ0) is 9.84. The van der Waals surface area contributed by atoms with Crippen LogP contribution in [0.25, 0.3) is 0 Å². The fraction of sp³-hybridized carbons (Fsp3) is 0.400. The molecule has 5 nitrogen and oxygen atoms in total. The third-order valence-electron chi connectivity index (χ3n) is 0.943. The highest BCUT2D eigenvalue weighted by Crippen LogP contribution is 2.09. The van der Waals surface area contributed by atoms with Crippen molar-refractivity contribution in [3.8, 4) is 6.01 Å². The van der Waals surface area contributed by atoms with Gasteiger partial charge in [0.05, 0.1) is 0 Å². The highest BCUT2D eigenvalue weighted by Gasteiger charge is 2.07. The molecule has 0 aliphatic carbocycles. The molecule has 1 rings (SSSR count). The zero-order valence-electron chi connectivity index (χ0n) is 6.25. The zero-order valence-corrected chi connectivity index (χ0v) is 7.00. The average Bonchev–Trinajstić information content (AvgIpc) is 1.99. The van der Waals surface area contributed by atoms with Crippen LogP contribution in [0.2, 0.25) is 5.28 Å². The van der Waals surface area contributed by atoms with Crippen LogP contribution in [0.3, 0.4) is 0 Å². The Kier molecular flexibility index (Phi) is 3.13. The molecular formula is C5H5ClF2N4O. The van der Waals surface area contributed by atoms with Gasteiger partial charge in [0.2, 0.25) is 11.2 Å². The molecule has 0 saturated heterocycles. The number of nitrogens with two attached hydrogens (primary N) is 1. The molecule has 0 bridgehead atoms. The monoisotopic (exact) mass is 210 g/mol. The normalized spacial score (nSPS) is 10.5. The van der Waals surface area contributed by atoms with E-state index in [-0.39, 0.29) is 17.2 Å². The maximum Gasteiger partial charge on any atom is 0.322 e. The largest absolute Gasteiger partial charge is 0.457 e. The predicted octanol–water partition coefficient (Wildman–Crippen LogP) is 0.751. The van der Waals surface area contributed by atoms with Crippen molar-refractivity contribution in [1.29, 1.82) is 0 Å². The van der Waals surface area contributed by atoms with Gasteiger partial charge in [-0.25, -0.2) is 8.78 Å². The molecule has 0 atom stereocenters. The van der Waals surface area contributed by atoms with Crippen LogP contribution in [-0.4, -0.2) is 28.0 Å². The molecule has 72 valence electrons. The van der Waals surface area contributed by atoms with Gasteiger partial charge in [-0.15, -0.1) is 0 Å². The molecule has 0 amide bonds. The highest BCUT2D eigenvalue weighted by atomic mass is 35.5. The van der Waals surface area contributed by atoms with Crippen molar-refractivity contribution in [2.24, 2.45) is 0 Å². The lowest BCUT2D eigenvalue weighted by atomic mass is 10.8. The second kappa shape index (κ2) is 4.13. The second-order valence-electron chi connectivity index (χ2n) is 1.95. The minimum Gasteiger partial charge on any atom is -0.457 e. The van der Waals surface area contributed by atoms with Crippen LogP contribution < -0.4 is 10.5 Å². The van der Waals surface area contributed by atoms with Crippen molar-refractivity contribution >= 4 is 17.5 Å². The maximum atomic E-state index is 11.7. The molecule has 0 saturated carbocycles. The van der Waals surface area contributed by atoms with Gasteiger partial charge < -0.3 is 10.5 Å². The molecule has 0 aliphatic rings. The number of ether oxygens (including phenoxy) is 1. The third-order valence-corrected chi connectivity index (χ3v) is 1.11. The summed E-state index contributed by atoms with van der Waals surface area (Å²) in [6, 6.07) is -0.308.